The smallest absolute Gasteiger partial charge is 0.271 e. The number of hydrogen-bond acceptors (Lipinski definition) is 4. The Morgan fingerprint density at radius 3 is 2.59 bits per heavy atom. The number of carbonyl (C=O) groups excluding carboxylic acids is 1. The molecule has 34 heavy (non-hydrogen) atoms. The number of fused-ring (bicyclic) bond motifs is 1. The van der Waals surface area contributed by atoms with E-state index in [0.29, 0.717) is 40.3 Å². The molecule has 0 bridgehead atoms. The highest BCUT2D eigenvalue weighted by molar-refractivity contribution is 9.10. The molecular weight excluding hydrogens is 499 g/mol. The Morgan fingerprint density at radius 2 is 1.79 bits per heavy atom. The molecule has 0 atom stereocenters. The van der Waals surface area contributed by atoms with Gasteiger partial charge in [-0.25, -0.2) is 9.82 Å². The van der Waals surface area contributed by atoms with Gasteiger partial charge < -0.3 is 9.47 Å². The summed E-state index contributed by atoms with van der Waals surface area (Å²) in [4.78, 5) is 12.1. The van der Waals surface area contributed by atoms with E-state index in [4.69, 9.17) is 9.47 Å². The summed E-state index contributed by atoms with van der Waals surface area (Å²) >= 11 is 3.57. The number of ether oxygens (including phenoxy) is 2. The van der Waals surface area contributed by atoms with Gasteiger partial charge in [0.1, 0.15) is 12.4 Å². The van der Waals surface area contributed by atoms with E-state index in [0.717, 1.165) is 16.3 Å². The summed E-state index contributed by atoms with van der Waals surface area (Å²) < 4.78 is 25.7. The van der Waals surface area contributed by atoms with Gasteiger partial charge in [0.15, 0.2) is 11.5 Å². The molecule has 0 aliphatic carbocycles. The van der Waals surface area contributed by atoms with Gasteiger partial charge in [-0.1, -0.05) is 42.5 Å². The van der Waals surface area contributed by atoms with E-state index < -0.39 is 11.7 Å². The van der Waals surface area contributed by atoms with Crippen LogP contribution in [0.3, 0.4) is 0 Å². The zero-order valence-corrected chi connectivity index (χ0v) is 20.0. The molecule has 172 valence electrons. The van der Waals surface area contributed by atoms with Crippen LogP contribution in [0.1, 0.15) is 28.4 Å². The van der Waals surface area contributed by atoms with E-state index in [9.17, 15) is 9.18 Å². The second kappa shape index (κ2) is 10.9. The Hall–Kier alpha value is -3.71. The SMILES string of the molecule is CCOc1cc(/C=N\NC(=O)c2ccc(F)cc2)cc(Br)c1OCc1cccc2ccccc12. The van der Waals surface area contributed by atoms with Crippen molar-refractivity contribution in [3.63, 3.8) is 0 Å². The number of nitrogens with zero attached hydrogens (tertiary/aromatic N) is 1. The van der Waals surface area contributed by atoms with Crippen molar-refractivity contribution in [2.75, 3.05) is 6.61 Å². The number of amides is 1. The number of nitrogens with one attached hydrogen (secondary N) is 1. The molecule has 1 N–H and O–H groups in total. The van der Waals surface area contributed by atoms with Gasteiger partial charge in [0.2, 0.25) is 0 Å². The number of benzene rings is 4. The van der Waals surface area contributed by atoms with Crippen molar-refractivity contribution >= 4 is 38.8 Å². The van der Waals surface area contributed by atoms with Crippen LogP contribution < -0.4 is 14.9 Å². The first-order chi connectivity index (χ1) is 16.5. The standard InChI is InChI=1S/C27H22BrFN2O3/c1-2-33-25-15-18(16-30-31-27(32)20-10-12-22(29)13-11-20)14-24(28)26(25)34-17-21-8-5-7-19-6-3-4-9-23(19)21/h3-16H,2,17H2,1H3,(H,31,32)/b30-16-. The average molecular weight is 521 g/mol. The van der Waals surface area contributed by atoms with Crippen LogP contribution in [-0.2, 0) is 6.61 Å². The van der Waals surface area contributed by atoms with Crippen molar-refractivity contribution < 1.29 is 18.7 Å². The van der Waals surface area contributed by atoms with Crippen LogP contribution in [0, 0.1) is 5.82 Å². The molecule has 0 heterocycles. The maximum atomic E-state index is 13.0. The molecule has 0 saturated heterocycles. The van der Waals surface area contributed by atoms with Gasteiger partial charge >= 0.3 is 0 Å². The molecule has 0 aliphatic heterocycles. The van der Waals surface area contributed by atoms with E-state index in [2.05, 4.69) is 44.7 Å². The fraction of sp³-hybridized carbons (Fsp3) is 0.111. The zero-order valence-electron chi connectivity index (χ0n) is 18.4. The Balaban J connectivity index is 1.50. The number of halogens is 2. The fourth-order valence-electron chi connectivity index (χ4n) is 3.47. The monoisotopic (exact) mass is 520 g/mol. The third kappa shape index (κ3) is 5.61. The molecule has 4 aromatic rings. The van der Waals surface area contributed by atoms with Gasteiger partial charge in [-0.15, -0.1) is 0 Å². The topological polar surface area (TPSA) is 59.9 Å². The first-order valence-electron chi connectivity index (χ1n) is 10.7. The van der Waals surface area contributed by atoms with E-state index in [-0.39, 0.29) is 0 Å². The van der Waals surface area contributed by atoms with Crippen molar-refractivity contribution in [1.82, 2.24) is 5.43 Å². The van der Waals surface area contributed by atoms with Gasteiger partial charge in [-0.3, -0.25) is 4.79 Å². The highest BCUT2D eigenvalue weighted by atomic mass is 79.9. The molecule has 0 aliphatic rings. The molecule has 5 nitrogen and oxygen atoms in total. The molecule has 1 amide bonds. The number of rotatable bonds is 8. The summed E-state index contributed by atoms with van der Waals surface area (Å²) in [6.07, 6.45) is 1.50. The zero-order chi connectivity index (χ0) is 23.9. The van der Waals surface area contributed by atoms with Crippen molar-refractivity contribution in [2.24, 2.45) is 5.10 Å². The second-order valence-corrected chi connectivity index (χ2v) is 8.25. The minimum atomic E-state index is -0.435. The van der Waals surface area contributed by atoms with Crippen LogP contribution in [0.4, 0.5) is 4.39 Å². The molecule has 0 fully saturated rings. The molecule has 0 aromatic heterocycles. The fourth-order valence-corrected chi connectivity index (χ4v) is 4.04. The van der Waals surface area contributed by atoms with Gasteiger partial charge in [0, 0.05) is 5.56 Å². The summed E-state index contributed by atoms with van der Waals surface area (Å²) in [5, 5.41) is 6.30. The Bertz CT molecular complexity index is 1330. The summed E-state index contributed by atoms with van der Waals surface area (Å²) in [6, 6.07) is 23.2. The van der Waals surface area contributed by atoms with Crippen molar-refractivity contribution in [3.8, 4) is 11.5 Å². The number of hydrogen-bond donors (Lipinski definition) is 1. The third-order valence-electron chi connectivity index (χ3n) is 5.07. The van der Waals surface area contributed by atoms with E-state index >= 15 is 0 Å². The lowest BCUT2D eigenvalue weighted by Gasteiger charge is -2.15. The average Bonchev–Trinajstić information content (AvgIpc) is 2.84. The van der Waals surface area contributed by atoms with Crippen LogP contribution in [0.5, 0.6) is 11.5 Å². The molecule has 7 heteroatoms. The van der Waals surface area contributed by atoms with Gasteiger partial charge in [0.05, 0.1) is 17.3 Å². The van der Waals surface area contributed by atoms with Crippen LogP contribution in [0.2, 0.25) is 0 Å². The number of hydrazone groups is 1. The van der Waals surface area contributed by atoms with Crippen molar-refractivity contribution in [1.29, 1.82) is 0 Å². The lowest BCUT2D eigenvalue weighted by Crippen LogP contribution is -2.17. The molecule has 0 unspecified atom stereocenters. The predicted octanol–water partition coefficient (Wildman–Crippen LogP) is 6.48. The summed E-state index contributed by atoms with van der Waals surface area (Å²) in [5.41, 5.74) is 4.52. The maximum Gasteiger partial charge on any atom is 0.271 e. The van der Waals surface area contributed by atoms with Gasteiger partial charge in [-0.2, -0.15) is 5.10 Å². The number of carbonyl (C=O) groups is 1. The van der Waals surface area contributed by atoms with Gasteiger partial charge in [-0.05, 0) is 81.2 Å². The van der Waals surface area contributed by atoms with Crippen LogP contribution >= 0.6 is 15.9 Å². The normalized spacial score (nSPS) is 11.0. The van der Waals surface area contributed by atoms with Crippen LogP contribution in [-0.4, -0.2) is 18.7 Å². The van der Waals surface area contributed by atoms with Crippen LogP contribution in [0.15, 0.2) is 88.4 Å². The molecule has 0 radical (unpaired) electrons. The quantitative estimate of drug-likeness (QED) is 0.213. The summed E-state index contributed by atoms with van der Waals surface area (Å²) in [5.74, 6) is 0.303. The first kappa shape index (κ1) is 23.4. The Labute approximate surface area is 205 Å². The predicted molar refractivity (Wildman–Crippen MR) is 135 cm³/mol. The largest absolute Gasteiger partial charge is 0.490 e. The van der Waals surface area contributed by atoms with Crippen molar-refractivity contribution in [2.45, 2.75) is 13.5 Å². The first-order valence-corrected chi connectivity index (χ1v) is 11.5. The lowest BCUT2D eigenvalue weighted by molar-refractivity contribution is 0.0955. The van der Waals surface area contributed by atoms with Crippen molar-refractivity contribution in [3.05, 3.63) is 106 Å². The Morgan fingerprint density at radius 1 is 1.03 bits per heavy atom. The molecule has 4 rings (SSSR count). The molecule has 4 aromatic carbocycles. The second-order valence-electron chi connectivity index (χ2n) is 7.40. The molecule has 0 spiro atoms. The highest BCUT2D eigenvalue weighted by Gasteiger charge is 2.13. The van der Waals surface area contributed by atoms with E-state index in [1.165, 1.54) is 30.5 Å². The third-order valence-corrected chi connectivity index (χ3v) is 5.66. The Kier molecular flexibility index (Phi) is 7.54. The minimum Gasteiger partial charge on any atom is -0.490 e. The summed E-state index contributed by atoms with van der Waals surface area (Å²) in [7, 11) is 0. The molecular formula is C27H22BrFN2O3. The minimum absolute atomic E-state index is 0.312. The highest BCUT2D eigenvalue weighted by Crippen LogP contribution is 2.37. The van der Waals surface area contributed by atoms with Gasteiger partial charge in [0.25, 0.3) is 5.91 Å². The summed E-state index contributed by atoms with van der Waals surface area (Å²) in [6.45, 7) is 2.73. The van der Waals surface area contributed by atoms with E-state index in [1.807, 2.05) is 37.3 Å². The maximum absolute atomic E-state index is 13.0. The molecule has 0 saturated carbocycles. The van der Waals surface area contributed by atoms with Crippen LogP contribution in [0.25, 0.3) is 10.8 Å². The van der Waals surface area contributed by atoms with E-state index in [1.54, 1.807) is 6.07 Å². The lowest BCUT2D eigenvalue weighted by atomic mass is 10.1.